The summed E-state index contributed by atoms with van der Waals surface area (Å²) in [6, 6.07) is 5.54. The maximum Gasteiger partial charge on any atom is 0.410 e. The Morgan fingerprint density at radius 3 is 2.70 bits per heavy atom. The smallest absolute Gasteiger partial charge is 0.410 e. The minimum atomic E-state index is -0.715. The zero-order valence-corrected chi connectivity index (χ0v) is 17.1. The van der Waals surface area contributed by atoms with Crippen molar-refractivity contribution in [2.75, 3.05) is 25.6 Å². The molecule has 10 nitrogen and oxygen atoms in total. The highest BCUT2D eigenvalue weighted by atomic mass is 32.1. The molecule has 0 saturated heterocycles. The number of methoxy groups -OCH3 is 1. The lowest BCUT2D eigenvalue weighted by atomic mass is 10.0. The zero-order valence-electron chi connectivity index (χ0n) is 16.3. The fraction of sp³-hybridized carbons (Fsp3) is 0.316. The number of fused-ring (bicyclic) bond motifs is 1. The van der Waals surface area contributed by atoms with Crippen LogP contribution in [0.1, 0.15) is 38.1 Å². The Morgan fingerprint density at radius 2 is 2.03 bits per heavy atom. The number of nitro benzene ring substituents is 1. The number of amides is 2. The summed E-state index contributed by atoms with van der Waals surface area (Å²) in [5, 5.41) is 14.0. The van der Waals surface area contributed by atoms with Gasteiger partial charge in [-0.15, -0.1) is 11.3 Å². The van der Waals surface area contributed by atoms with Gasteiger partial charge in [-0.1, -0.05) is 12.1 Å². The van der Waals surface area contributed by atoms with Crippen molar-refractivity contribution in [2.45, 2.75) is 19.9 Å². The first-order valence-electron chi connectivity index (χ1n) is 9.06. The molecule has 1 aliphatic heterocycles. The minimum absolute atomic E-state index is 0.127. The monoisotopic (exact) mass is 433 g/mol. The molecule has 0 bridgehead atoms. The molecule has 2 amide bonds. The summed E-state index contributed by atoms with van der Waals surface area (Å²) < 4.78 is 9.89. The molecular formula is C19H19N3O7S. The fourth-order valence-corrected chi connectivity index (χ4v) is 4.42. The van der Waals surface area contributed by atoms with E-state index in [0.717, 1.165) is 11.3 Å². The van der Waals surface area contributed by atoms with E-state index in [1.807, 2.05) is 0 Å². The molecule has 2 heterocycles. The number of carbonyl (C=O) groups excluding carboxylic acids is 3. The number of nitro groups is 1. The number of esters is 1. The molecule has 0 spiro atoms. The molecule has 0 radical (unpaired) electrons. The highest BCUT2D eigenvalue weighted by Crippen LogP contribution is 2.38. The number of carbonyl (C=O) groups is 3. The van der Waals surface area contributed by atoms with Crippen LogP contribution in [-0.2, 0) is 22.4 Å². The molecule has 30 heavy (non-hydrogen) atoms. The van der Waals surface area contributed by atoms with Gasteiger partial charge in [-0.2, -0.15) is 0 Å². The lowest BCUT2D eigenvalue weighted by molar-refractivity contribution is -0.385. The minimum Gasteiger partial charge on any atom is -0.465 e. The van der Waals surface area contributed by atoms with E-state index in [-0.39, 0.29) is 35.0 Å². The predicted molar refractivity (Wildman–Crippen MR) is 108 cm³/mol. The first kappa shape index (κ1) is 21.2. The van der Waals surface area contributed by atoms with Gasteiger partial charge in [0, 0.05) is 17.5 Å². The van der Waals surface area contributed by atoms with Crippen LogP contribution in [-0.4, -0.2) is 48.1 Å². The van der Waals surface area contributed by atoms with Gasteiger partial charge in [0.15, 0.2) is 0 Å². The Morgan fingerprint density at radius 1 is 1.30 bits per heavy atom. The van der Waals surface area contributed by atoms with Gasteiger partial charge in [-0.25, -0.2) is 9.59 Å². The summed E-state index contributed by atoms with van der Waals surface area (Å²) in [5.41, 5.74) is 0.417. The third-order valence-corrected chi connectivity index (χ3v) is 5.68. The van der Waals surface area contributed by atoms with Gasteiger partial charge >= 0.3 is 12.1 Å². The van der Waals surface area contributed by atoms with Gasteiger partial charge in [-0.05, 0) is 25.0 Å². The van der Waals surface area contributed by atoms with Crippen molar-refractivity contribution in [1.29, 1.82) is 0 Å². The quantitative estimate of drug-likeness (QED) is 0.435. The van der Waals surface area contributed by atoms with Gasteiger partial charge in [0.2, 0.25) is 0 Å². The number of hydrogen-bond donors (Lipinski definition) is 1. The van der Waals surface area contributed by atoms with E-state index in [1.54, 1.807) is 6.92 Å². The van der Waals surface area contributed by atoms with E-state index in [1.165, 1.54) is 36.3 Å². The third-order valence-electron chi connectivity index (χ3n) is 4.54. The number of benzene rings is 1. The number of ether oxygens (including phenoxy) is 2. The van der Waals surface area contributed by atoms with Crippen LogP contribution in [0.25, 0.3) is 0 Å². The van der Waals surface area contributed by atoms with E-state index in [2.05, 4.69) is 5.32 Å². The van der Waals surface area contributed by atoms with Crippen molar-refractivity contribution in [2.24, 2.45) is 0 Å². The Balaban J connectivity index is 1.94. The Kier molecular flexibility index (Phi) is 6.31. The average molecular weight is 433 g/mol. The molecule has 0 saturated carbocycles. The van der Waals surface area contributed by atoms with Gasteiger partial charge in [0.25, 0.3) is 11.6 Å². The van der Waals surface area contributed by atoms with Crippen LogP contribution in [0.4, 0.5) is 15.5 Å². The second kappa shape index (κ2) is 8.91. The Hall–Kier alpha value is -3.47. The summed E-state index contributed by atoms with van der Waals surface area (Å²) in [6.45, 7) is 2.54. The SMILES string of the molecule is CCOC(=O)N1CCc2c(sc(NC(=O)c3ccccc3[N+](=O)[O-])c2C(=O)OC)C1. The first-order chi connectivity index (χ1) is 14.4. The number of nitrogens with zero attached hydrogens (tertiary/aromatic N) is 2. The molecule has 0 aliphatic carbocycles. The fourth-order valence-electron chi connectivity index (χ4n) is 3.18. The van der Waals surface area contributed by atoms with Crippen LogP contribution in [0.2, 0.25) is 0 Å². The van der Waals surface area contributed by atoms with Crippen molar-refractivity contribution in [3.8, 4) is 0 Å². The molecule has 1 aromatic heterocycles. The Labute approximate surface area is 175 Å². The normalized spacial score (nSPS) is 12.7. The molecular weight excluding hydrogens is 414 g/mol. The second-order valence-corrected chi connectivity index (χ2v) is 7.40. The van der Waals surface area contributed by atoms with Crippen LogP contribution >= 0.6 is 11.3 Å². The summed E-state index contributed by atoms with van der Waals surface area (Å²) in [5.74, 6) is -1.34. The largest absolute Gasteiger partial charge is 0.465 e. The van der Waals surface area contributed by atoms with E-state index in [4.69, 9.17) is 9.47 Å². The van der Waals surface area contributed by atoms with Crippen LogP contribution < -0.4 is 5.32 Å². The van der Waals surface area contributed by atoms with E-state index in [9.17, 15) is 24.5 Å². The van der Waals surface area contributed by atoms with Crippen LogP contribution in [0.3, 0.4) is 0 Å². The maximum absolute atomic E-state index is 12.7. The van der Waals surface area contributed by atoms with Gasteiger partial charge in [0.1, 0.15) is 10.6 Å². The van der Waals surface area contributed by atoms with Gasteiger partial charge < -0.3 is 19.7 Å². The van der Waals surface area contributed by atoms with Crippen molar-refractivity contribution in [1.82, 2.24) is 4.90 Å². The number of thiophene rings is 1. The lowest BCUT2D eigenvalue weighted by Crippen LogP contribution is -2.36. The van der Waals surface area contributed by atoms with Crippen molar-refractivity contribution < 1.29 is 28.8 Å². The number of anilines is 1. The molecule has 11 heteroatoms. The van der Waals surface area contributed by atoms with Gasteiger partial charge in [-0.3, -0.25) is 14.9 Å². The molecule has 0 unspecified atom stereocenters. The number of nitrogens with one attached hydrogen (secondary N) is 1. The number of hydrogen-bond acceptors (Lipinski definition) is 8. The number of para-hydroxylation sites is 1. The second-order valence-electron chi connectivity index (χ2n) is 6.30. The molecule has 0 atom stereocenters. The third kappa shape index (κ3) is 4.10. The Bertz CT molecular complexity index is 1020. The summed E-state index contributed by atoms with van der Waals surface area (Å²) in [7, 11) is 1.23. The molecule has 158 valence electrons. The average Bonchev–Trinajstić information content (AvgIpc) is 3.10. The van der Waals surface area contributed by atoms with Crippen LogP contribution in [0.15, 0.2) is 24.3 Å². The van der Waals surface area contributed by atoms with E-state index in [0.29, 0.717) is 23.4 Å². The summed E-state index contributed by atoms with van der Waals surface area (Å²) >= 11 is 1.13. The number of rotatable bonds is 5. The molecule has 2 aromatic rings. The summed E-state index contributed by atoms with van der Waals surface area (Å²) in [6.07, 6.45) is -0.0714. The maximum atomic E-state index is 12.7. The predicted octanol–water partition coefficient (Wildman–Crippen LogP) is 3.21. The van der Waals surface area contributed by atoms with Crippen LogP contribution in [0, 0.1) is 10.1 Å². The van der Waals surface area contributed by atoms with Gasteiger partial charge in [0.05, 0.1) is 30.7 Å². The zero-order chi connectivity index (χ0) is 21.8. The molecule has 1 N–H and O–H groups in total. The van der Waals surface area contributed by atoms with E-state index >= 15 is 0 Å². The van der Waals surface area contributed by atoms with Crippen molar-refractivity contribution >= 4 is 40.0 Å². The highest BCUT2D eigenvalue weighted by molar-refractivity contribution is 7.17. The van der Waals surface area contributed by atoms with E-state index < -0.39 is 22.9 Å². The standard InChI is InChI=1S/C19H19N3O7S/c1-3-29-19(25)21-9-8-12-14(10-21)30-17(15(12)18(24)28-2)20-16(23)11-6-4-5-7-13(11)22(26)27/h4-7H,3,8-10H2,1-2H3,(H,20,23). The molecule has 0 fully saturated rings. The van der Waals surface area contributed by atoms with Crippen molar-refractivity contribution in [3.63, 3.8) is 0 Å². The van der Waals surface area contributed by atoms with Crippen molar-refractivity contribution in [3.05, 3.63) is 55.9 Å². The molecule has 1 aromatic carbocycles. The topological polar surface area (TPSA) is 128 Å². The molecule has 1 aliphatic rings. The summed E-state index contributed by atoms with van der Waals surface area (Å²) in [4.78, 5) is 50.0. The molecule has 3 rings (SSSR count). The highest BCUT2D eigenvalue weighted by Gasteiger charge is 2.32. The first-order valence-corrected chi connectivity index (χ1v) is 9.88. The lowest BCUT2D eigenvalue weighted by Gasteiger charge is -2.26. The van der Waals surface area contributed by atoms with Crippen LogP contribution in [0.5, 0.6) is 0 Å².